The van der Waals surface area contributed by atoms with E-state index in [9.17, 15) is 9.59 Å². The van der Waals surface area contributed by atoms with Crippen molar-refractivity contribution in [3.63, 3.8) is 0 Å². The van der Waals surface area contributed by atoms with Gasteiger partial charge in [-0.2, -0.15) is 0 Å². The minimum absolute atomic E-state index is 0.0640. The van der Waals surface area contributed by atoms with Gasteiger partial charge in [-0.25, -0.2) is 0 Å². The quantitative estimate of drug-likeness (QED) is 0.712. The molecule has 2 amide bonds. The first-order chi connectivity index (χ1) is 14.6. The van der Waals surface area contributed by atoms with Crippen LogP contribution in [0.4, 0.5) is 5.69 Å². The molecule has 0 radical (unpaired) electrons. The van der Waals surface area contributed by atoms with E-state index in [-0.39, 0.29) is 18.2 Å². The molecule has 7 nitrogen and oxygen atoms in total. The summed E-state index contributed by atoms with van der Waals surface area (Å²) >= 11 is 0. The van der Waals surface area contributed by atoms with Crippen LogP contribution < -0.4 is 10.2 Å². The average molecular weight is 409 g/mol. The molecule has 2 aliphatic heterocycles. The molecule has 158 valence electrons. The van der Waals surface area contributed by atoms with Gasteiger partial charge in [0.2, 0.25) is 5.91 Å². The van der Waals surface area contributed by atoms with Crippen molar-refractivity contribution in [1.29, 1.82) is 0 Å². The second-order valence-corrected chi connectivity index (χ2v) is 7.83. The molecule has 1 N–H and O–H groups in total. The third-order valence-electron chi connectivity index (χ3n) is 5.65. The molecule has 1 fully saturated rings. The number of aryl methyl sites for hydroxylation is 1. The highest BCUT2D eigenvalue weighted by Gasteiger charge is 2.39. The average Bonchev–Trinajstić information content (AvgIpc) is 3.04. The number of rotatable bonds is 7. The molecular weight excluding hydrogens is 380 g/mol. The van der Waals surface area contributed by atoms with Crippen molar-refractivity contribution in [1.82, 2.24) is 15.2 Å². The van der Waals surface area contributed by atoms with Crippen LogP contribution in [-0.4, -0.2) is 61.1 Å². The van der Waals surface area contributed by atoms with Crippen LogP contribution >= 0.6 is 0 Å². The molecule has 7 heteroatoms. The fourth-order valence-corrected chi connectivity index (χ4v) is 4.12. The Morgan fingerprint density at radius 2 is 2.07 bits per heavy atom. The summed E-state index contributed by atoms with van der Waals surface area (Å²) < 4.78 is 5.36. The van der Waals surface area contributed by atoms with Crippen LogP contribution in [0.25, 0.3) is 0 Å². The Kier molecular flexibility index (Phi) is 6.40. The molecule has 0 saturated carbocycles. The Morgan fingerprint density at radius 1 is 1.23 bits per heavy atom. The molecule has 2 aliphatic rings. The predicted molar refractivity (Wildman–Crippen MR) is 114 cm³/mol. The van der Waals surface area contributed by atoms with E-state index in [2.05, 4.69) is 15.2 Å². The van der Waals surface area contributed by atoms with Crippen LogP contribution in [-0.2, 0) is 9.53 Å². The molecular formula is C23H28N4O3. The smallest absolute Gasteiger partial charge is 0.260 e. The van der Waals surface area contributed by atoms with Gasteiger partial charge in [0, 0.05) is 31.5 Å². The van der Waals surface area contributed by atoms with Crippen LogP contribution in [0.1, 0.15) is 40.5 Å². The van der Waals surface area contributed by atoms with Crippen molar-refractivity contribution in [2.45, 2.75) is 25.8 Å². The SMILES string of the molecule is Cc1cccc(N2C(=O)c3cccnc3[C@@H]2CC(=O)NCCCN2CCOCC2)c1. The topological polar surface area (TPSA) is 74.8 Å². The zero-order valence-electron chi connectivity index (χ0n) is 17.3. The van der Waals surface area contributed by atoms with Crippen molar-refractivity contribution in [3.05, 3.63) is 59.4 Å². The Balaban J connectivity index is 1.41. The minimum Gasteiger partial charge on any atom is -0.379 e. The number of carbonyl (C=O) groups is 2. The molecule has 4 rings (SSSR count). The van der Waals surface area contributed by atoms with Gasteiger partial charge in [-0.3, -0.25) is 24.4 Å². The number of aromatic nitrogens is 1. The van der Waals surface area contributed by atoms with E-state index in [1.165, 1.54) is 0 Å². The van der Waals surface area contributed by atoms with Crippen molar-refractivity contribution >= 4 is 17.5 Å². The van der Waals surface area contributed by atoms with Crippen molar-refractivity contribution in [2.24, 2.45) is 0 Å². The number of ether oxygens (including phenoxy) is 1. The largest absolute Gasteiger partial charge is 0.379 e. The summed E-state index contributed by atoms with van der Waals surface area (Å²) in [4.78, 5) is 34.3. The molecule has 0 spiro atoms. The normalized spacial score (nSPS) is 19.0. The summed E-state index contributed by atoms with van der Waals surface area (Å²) in [7, 11) is 0. The van der Waals surface area contributed by atoms with Gasteiger partial charge in [0.05, 0.1) is 36.9 Å². The maximum absolute atomic E-state index is 13.1. The first-order valence-corrected chi connectivity index (χ1v) is 10.6. The lowest BCUT2D eigenvalue weighted by Gasteiger charge is -2.26. The summed E-state index contributed by atoms with van der Waals surface area (Å²) in [5, 5.41) is 3.02. The molecule has 1 aromatic heterocycles. The van der Waals surface area contributed by atoms with E-state index in [0.717, 1.165) is 50.5 Å². The van der Waals surface area contributed by atoms with Gasteiger partial charge in [0.1, 0.15) is 0 Å². The van der Waals surface area contributed by atoms with Crippen LogP contribution in [0.3, 0.4) is 0 Å². The minimum atomic E-state index is -0.394. The van der Waals surface area contributed by atoms with Gasteiger partial charge in [-0.1, -0.05) is 12.1 Å². The number of carbonyl (C=O) groups excluding carboxylic acids is 2. The van der Waals surface area contributed by atoms with Gasteiger partial charge in [-0.15, -0.1) is 0 Å². The predicted octanol–water partition coefficient (Wildman–Crippen LogP) is 2.32. The maximum atomic E-state index is 13.1. The van der Waals surface area contributed by atoms with E-state index in [4.69, 9.17) is 4.74 Å². The second kappa shape index (κ2) is 9.36. The summed E-state index contributed by atoms with van der Waals surface area (Å²) in [6.45, 7) is 7.03. The Morgan fingerprint density at radius 3 is 2.87 bits per heavy atom. The lowest BCUT2D eigenvalue weighted by Crippen LogP contribution is -2.38. The molecule has 1 saturated heterocycles. The van der Waals surface area contributed by atoms with Gasteiger partial charge in [0.25, 0.3) is 5.91 Å². The summed E-state index contributed by atoms with van der Waals surface area (Å²) in [6.07, 6.45) is 2.77. The highest BCUT2D eigenvalue weighted by molar-refractivity contribution is 6.11. The summed E-state index contributed by atoms with van der Waals surface area (Å²) in [5.74, 6) is -0.167. The number of amides is 2. The van der Waals surface area contributed by atoms with Gasteiger partial charge >= 0.3 is 0 Å². The number of hydrogen-bond acceptors (Lipinski definition) is 5. The molecule has 1 atom stereocenters. The standard InChI is InChI=1S/C23H28N4O3/c1-17-5-2-6-18(15-17)27-20(22-19(23(27)29)7-3-8-25-22)16-21(28)24-9-4-10-26-11-13-30-14-12-26/h2-3,5-8,15,20H,4,9-14,16H2,1H3,(H,24,28)/t20-/m0/s1. The van der Waals surface area contributed by atoms with Crippen molar-refractivity contribution < 1.29 is 14.3 Å². The molecule has 0 aliphatic carbocycles. The van der Waals surface area contributed by atoms with Gasteiger partial charge in [0.15, 0.2) is 0 Å². The number of anilines is 1. The summed E-state index contributed by atoms with van der Waals surface area (Å²) in [5.41, 5.74) is 3.11. The van der Waals surface area contributed by atoms with Crippen molar-refractivity contribution in [3.8, 4) is 0 Å². The van der Waals surface area contributed by atoms with Gasteiger partial charge < -0.3 is 10.1 Å². The number of nitrogens with one attached hydrogen (secondary N) is 1. The van der Waals surface area contributed by atoms with E-state index < -0.39 is 6.04 Å². The molecule has 1 aromatic carbocycles. The zero-order valence-corrected chi connectivity index (χ0v) is 17.3. The zero-order chi connectivity index (χ0) is 20.9. The number of nitrogens with zero attached hydrogens (tertiary/aromatic N) is 3. The van der Waals surface area contributed by atoms with Crippen LogP contribution in [0.2, 0.25) is 0 Å². The Bertz CT molecular complexity index is 911. The molecule has 0 unspecified atom stereocenters. The fraction of sp³-hybridized carbons (Fsp3) is 0.435. The molecule has 0 bridgehead atoms. The fourth-order valence-electron chi connectivity index (χ4n) is 4.12. The Labute approximate surface area is 177 Å². The second-order valence-electron chi connectivity index (χ2n) is 7.83. The maximum Gasteiger partial charge on any atom is 0.260 e. The first-order valence-electron chi connectivity index (χ1n) is 10.6. The number of benzene rings is 1. The Hall–Kier alpha value is -2.77. The van der Waals surface area contributed by atoms with Gasteiger partial charge in [-0.05, 0) is 49.7 Å². The number of fused-ring (bicyclic) bond motifs is 1. The lowest BCUT2D eigenvalue weighted by molar-refractivity contribution is -0.121. The highest BCUT2D eigenvalue weighted by atomic mass is 16.5. The monoisotopic (exact) mass is 408 g/mol. The molecule has 30 heavy (non-hydrogen) atoms. The first kappa shape index (κ1) is 20.5. The summed E-state index contributed by atoms with van der Waals surface area (Å²) in [6, 6.07) is 11.0. The van der Waals surface area contributed by atoms with Crippen LogP contribution in [0, 0.1) is 6.92 Å². The molecule has 3 heterocycles. The number of morpholine rings is 1. The van der Waals surface area contributed by atoms with Crippen LogP contribution in [0.5, 0.6) is 0 Å². The molecule has 2 aromatic rings. The van der Waals surface area contributed by atoms with Crippen LogP contribution in [0.15, 0.2) is 42.6 Å². The van der Waals surface area contributed by atoms with Crippen molar-refractivity contribution in [2.75, 3.05) is 44.3 Å². The third-order valence-corrected chi connectivity index (χ3v) is 5.65. The van der Waals surface area contributed by atoms with E-state index in [1.807, 2.05) is 31.2 Å². The number of hydrogen-bond donors (Lipinski definition) is 1. The van der Waals surface area contributed by atoms with E-state index >= 15 is 0 Å². The third kappa shape index (κ3) is 4.52. The van der Waals surface area contributed by atoms with E-state index in [0.29, 0.717) is 17.8 Å². The number of pyridine rings is 1. The lowest BCUT2D eigenvalue weighted by atomic mass is 10.1. The highest BCUT2D eigenvalue weighted by Crippen LogP contribution is 2.38. The van der Waals surface area contributed by atoms with E-state index in [1.54, 1.807) is 23.2 Å².